The quantitative estimate of drug-likeness (QED) is 0.485. The van der Waals surface area contributed by atoms with Gasteiger partial charge in [-0.3, -0.25) is 0 Å². The monoisotopic (exact) mass is 344 g/mol. The van der Waals surface area contributed by atoms with Gasteiger partial charge < -0.3 is 4.98 Å². The lowest BCUT2D eigenvalue weighted by Gasteiger charge is -2.02. The Bertz CT molecular complexity index is 334. The number of aryl methyl sites for hydroxylation is 3. The summed E-state index contributed by atoms with van der Waals surface area (Å²) in [6.45, 7) is 6.45. The largest absolute Gasteiger partial charge is 0.346 e. The summed E-state index contributed by atoms with van der Waals surface area (Å²) in [5.41, 5.74) is 2.53. The molecule has 0 aliphatic heterocycles. The second-order valence-corrected chi connectivity index (χ2v) is 5.83. The molecular weight excluding hydrogens is 312 g/mol. The molecule has 0 bridgehead atoms. The average Bonchev–Trinajstić information content (AvgIpc) is 2.70. The molecule has 0 unspecified atom stereocenters. The van der Waals surface area contributed by atoms with Crippen molar-refractivity contribution in [3.63, 3.8) is 0 Å². The summed E-state index contributed by atoms with van der Waals surface area (Å²) in [5.74, 6) is 1.06. The zero-order valence-corrected chi connectivity index (χ0v) is 15.3. The van der Waals surface area contributed by atoms with Crippen LogP contribution in [0.5, 0.6) is 0 Å². The Morgan fingerprint density at radius 2 is 1.30 bits per heavy atom. The van der Waals surface area contributed by atoms with Gasteiger partial charge in [0.2, 0.25) is 0 Å². The van der Waals surface area contributed by atoms with Gasteiger partial charge in [-0.05, 0) is 26.7 Å². The van der Waals surface area contributed by atoms with E-state index in [0.29, 0.717) is 0 Å². The summed E-state index contributed by atoms with van der Waals surface area (Å²) in [4.78, 5) is 7.81. The van der Waals surface area contributed by atoms with Crippen LogP contribution in [0.15, 0.2) is 0 Å². The van der Waals surface area contributed by atoms with Gasteiger partial charge in [-0.1, -0.05) is 64.7 Å². The molecule has 20 heavy (non-hydrogen) atoms. The SMILES string of the molecule is Br.CCCCCCCCCCCCc1nc(C)[nH]c1C. The van der Waals surface area contributed by atoms with Crippen molar-refractivity contribution in [2.24, 2.45) is 0 Å². The predicted octanol–water partition coefficient (Wildman–Crippen LogP) is 6.07. The highest BCUT2D eigenvalue weighted by Crippen LogP contribution is 2.13. The van der Waals surface area contributed by atoms with E-state index in [1.807, 2.05) is 6.92 Å². The number of imidazole rings is 1. The Labute approximate surface area is 135 Å². The van der Waals surface area contributed by atoms with Gasteiger partial charge >= 0.3 is 0 Å². The highest BCUT2D eigenvalue weighted by Gasteiger charge is 2.02. The number of hydrogen-bond acceptors (Lipinski definition) is 1. The normalized spacial score (nSPS) is 10.6. The van der Waals surface area contributed by atoms with Gasteiger partial charge in [-0.15, -0.1) is 17.0 Å². The molecule has 0 saturated heterocycles. The van der Waals surface area contributed by atoms with Crippen molar-refractivity contribution in [1.82, 2.24) is 9.97 Å². The van der Waals surface area contributed by atoms with Gasteiger partial charge in [0, 0.05) is 5.69 Å². The number of nitrogens with one attached hydrogen (secondary N) is 1. The van der Waals surface area contributed by atoms with Gasteiger partial charge in [0.05, 0.1) is 5.69 Å². The molecule has 0 saturated carbocycles. The molecule has 0 aliphatic rings. The van der Waals surface area contributed by atoms with E-state index >= 15 is 0 Å². The first kappa shape index (κ1) is 19.7. The van der Waals surface area contributed by atoms with Crippen LogP contribution in [-0.4, -0.2) is 9.97 Å². The number of hydrogen-bond donors (Lipinski definition) is 1. The summed E-state index contributed by atoms with van der Waals surface area (Å²) in [7, 11) is 0. The molecule has 0 radical (unpaired) electrons. The Morgan fingerprint density at radius 1 is 0.800 bits per heavy atom. The first-order valence-corrected chi connectivity index (χ1v) is 8.26. The highest BCUT2D eigenvalue weighted by atomic mass is 79.9. The first-order valence-electron chi connectivity index (χ1n) is 8.26. The minimum absolute atomic E-state index is 0. The third-order valence-corrected chi connectivity index (χ3v) is 3.87. The Morgan fingerprint density at radius 3 is 1.75 bits per heavy atom. The van der Waals surface area contributed by atoms with E-state index in [4.69, 9.17) is 0 Å². The maximum absolute atomic E-state index is 4.53. The van der Waals surface area contributed by atoms with E-state index in [2.05, 4.69) is 23.8 Å². The number of halogens is 1. The molecule has 0 amide bonds. The first-order chi connectivity index (χ1) is 9.24. The number of aromatic nitrogens is 2. The molecule has 0 spiro atoms. The number of rotatable bonds is 11. The van der Waals surface area contributed by atoms with Crippen LogP contribution in [0.4, 0.5) is 0 Å². The van der Waals surface area contributed by atoms with E-state index in [-0.39, 0.29) is 17.0 Å². The van der Waals surface area contributed by atoms with Crippen molar-refractivity contribution in [3.05, 3.63) is 17.2 Å². The topological polar surface area (TPSA) is 28.7 Å². The third kappa shape index (κ3) is 8.78. The van der Waals surface area contributed by atoms with Crippen LogP contribution < -0.4 is 0 Å². The predicted molar refractivity (Wildman–Crippen MR) is 93.9 cm³/mol. The Kier molecular flexibility index (Phi) is 12.2. The number of H-pyrrole nitrogens is 1. The van der Waals surface area contributed by atoms with E-state index in [1.165, 1.54) is 75.6 Å². The summed E-state index contributed by atoms with van der Waals surface area (Å²) in [5, 5.41) is 0. The average molecular weight is 345 g/mol. The van der Waals surface area contributed by atoms with Crippen molar-refractivity contribution in [3.8, 4) is 0 Å². The molecule has 3 heteroatoms. The maximum Gasteiger partial charge on any atom is 0.103 e. The number of nitrogens with zero attached hydrogens (tertiary/aromatic N) is 1. The lowest BCUT2D eigenvalue weighted by atomic mass is 10.1. The summed E-state index contributed by atoms with van der Waals surface area (Å²) >= 11 is 0. The van der Waals surface area contributed by atoms with Crippen LogP contribution in [0.3, 0.4) is 0 Å². The molecule has 1 aromatic rings. The molecule has 1 rings (SSSR count). The van der Waals surface area contributed by atoms with Crippen molar-refractivity contribution in [2.45, 2.75) is 91.4 Å². The Hall–Kier alpha value is -0.310. The van der Waals surface area contributed by atoms with E-state index < -0.39 is 0 Å². The fourth-order valence-electron chi connectivity index (χ4n) is 2.68. The van der Waals surface area contributed by atoms with Crippen LogP contribution in [0.25, 0.3) is 0 Å². The number of unbranched alkanes of at least 4 members (excludes halogenated alkanes) is 9. The number of aromatic amines is 1. The van der Waals surface area contributed by atoms with Gasteiger partial charge in [0.15, 0.2) is 0 Å². The van der Waals surface area contributed by atoms with Crippen LogP contribution in [0.2, 0.25) is 0 Å². The lowest BCUT2D eigenvalue weighted by molar-refractivity contribution is 0.555. The zero-order valence-electron chi connectivity index (χ0n) is 13.6. The van der Waals surface area contributed by atoms with Crippen molar-refractivity contribution < 1.29 is 0 Å². The molecule has 0 atom stereocenters. The summed E-state index contributed by atoms with van der Waals surface area (Å²) < 4.78 is 0. The second kappa shape index (κ2) is 12.4. The Balaban J connectivity index is 0.00000361. The summed E-state index contributed by atoms with van der Waals surface area (Å²) in [6.07, 6.45) is 15.2. The molecule has 0 aliphatic carbocycles. The van der Waals surface area contributed by atoms with Gasteiger partial charge in [0.25, 0.3) is 0 Å². The van der Waals surface area contributed by atoms with E-state index in [9.17, 15) is 0 Å². The van der Waals surface area contributed by atoms with Crippen molar-refractivity contribution >= 4 is 17.0 Å². The summed E-state index contributed by atoms with van der Waals surface area (Å²) in [6, 6.07) is 0. The van der Waals surface area contributed by atoms with Gasteiger partial charge in [0.1, 0.15) is 5.82 Å². The van der Waals surface area contributed by atoms with Crippen LogP contribution >= 0.6 is 17.0 Å². The highest BCUT2D eigenvalue weighted by molar-refractivity contribution is 8.93. The smallest absolute Gasteiger partial charge is 0.103 e. The minimum Gasteiger partial charge on any atom is -0.346 e. The van der Waals surface area contributed by atoms with Gasteiger partial charge in [-0.2, -0.15) is 0 Å². The molecule has 0 aromatic carbocycles. The molecule has 1 N–H and O–H groups in total. The molecule has 2 nitrogen and oxygen atoms in total. The third-order valence-electron chi connectivity index (χ3n) is 3.87. The van der Waals surface area contributed by atoms with Gasteiger partial charge in [-0.25, -0.2) is 4.98 Å². The fraction of sp³-hybridized carbons (Fsp3) is 0.824. The second-order valence-electron chi connectivity index (χ2n) is 5.83. The minimum atomic E-state index is 0. The van der Waals surface area contributed by atoms with E-state index in [0.717, 1.165) is 12.2 Å². The van der Waals surface area contributed by atoms with E-state index in [1.54, 1.807) is 0 Å². The zero-order chi connectivity index (χ0) is 13.9. The van der Waals surface area contributed by atoms with Crippen molar-refractivity contribution in [1.29, 1.82) is 0 Å². The standard InChI is InChI=1S/C17H32N2.BrH/c1-4-5-6-7-8-9-10-11-12-13-14-17-15(2)18-16(3)19-17;/h4-14H2,1-3H3,(H,18,19);1H. The molecule has 1 heterocycles. The maximum atomic E-state index is 4.53. The van der Waals surface area contributed by atoms with Crippen LogP contribution in [0.1, 0.15) is 88.3 Å². The fourth-order valence-corrected chi connectivity index (χ4v) is 2.68. The van der Waals surface area contributed by atoms with Crippen LogP contribution in [0, 0.1) is 13.8 Å². The van der Waals surface area contributed by atoms with Crippen molar-refractivity contribution in [2.75, 3.05) is 0 Å². The van der Waals surface area contributed by atoms with Crippen LogP contribution in [-0.2, 0) is 6.42 Å². The molecule has 118 valence electrons. The molecule has 1 aromatic heterocycles. The lowest BCUT2D eigenvalue weighted by Crippen LogP contribution is -1.89. The molecular formula is C17H33BrN2. The molecule has 0 fully saturated rings.